The molecule has 0 atom stereocenters. The highest BCUT2D eigenvalue weighted by Gasteiger charge is 2.20. The van der Waals surface area contributed by atoms with E-state index >= 15 is 0 Å². The van der Waals surface area contributed by atoms with E-state index in [1.54, 1.807) is 24.5 Å². The zero-order chi connectivity index (χ0) is 19.0. The predicted octanol–water partition coefficient (Wildman–Crippen LogP) is 5.57. The number of fused-ring (bicyclic) bond motifs is 1. The van der Waals surface area contributed by atoms with E-state index in [0.29, 0.717) is 0 Å². The second-order valence-electron chi connectivity index (χ2n) is 6.70. The van der Waals surface area contributed by atoms with E-state index in [9.17, 15) is 4.39 Å². The molecule has 0 unspecified atom stereocenters. The lowest BCUT2D eigenvalue weighted by Crippen LogP contribution is -2.18. The van der Waals surface area contributed by atoms with Gasteiger partial charge in [0.25, 0.3) is 0 Å². The zero-order valence-corrected chi connectivity index (χ0v) is 15.2. The summed E-state index contributed by atoms with van der Waals surface area (Å²) in [5.74, 6) is -0.246. The first-order valence-corrected chi connectivity index (χ1v) is 8.76. The molecule has 0 amide bonds. The molecule has 2 aromatic carbocycles. The van der Waals surface area contributed by atoms with Crippen molar-refractivity contribution in [2.75, 3.05) is 5.32 Å². The number of allylic oxidation sites excluding steroid dienone is 3. The van der Waals surface area contributed by atoms with Crippen LogP contribution in [-0.2, 0) is 6.42 Å². The average Bonchev–Trinajstić information content (AvgIpc) is 3.03. The molecule has 0 fully saturated rings. The fourth-order valence-corrected chi connectivity index (χ4v) is 3.46. The molecule has 0 bridgehead atoms. The fraction of sp³-hybridized carbons (Fsp3) is 0.0870. The summed E-state index contributed by atoms with van der Waals surface area (Å²) in [7, 11) is 0. The van der Waals surface area contributed by atoms with E-state index in [1.165, 1.54) is 17.7 Å². The number of benzene rings is 2. The van der Waals surface area contributed by atoms with E-state index in [0.717, 1.165) is 45.9 Å². The summed E-state index contributed by atoms with van der Waals surface area (Å²) in [5, 5.41) is 3.30. The SMILES string of the molecule is C=C1Cc2cc(/C(=C(/C)c3ccc(F)cc3)N3C=CN=CC3=C)ccc2N1. The van der Waals surface area contributed by atoms with Crippen LogP contribution in [-0.4, -0.2) is 11.1 Å². The zero-order valence-electron chi connectivity index (χ0n) is 15.2. The summed E-state index contributed by atoms with van der Waals surface area (Å²) in [6, 6.07) is 12.9. The van der Waals surface area contributed by atoms with Crippen LogP contribution in [0, 0.1) is 5.82 Å². The third kappa shape index (κ3) is 3.22. The Hall–Kier alpha value is -3.40. The number of halogens is 1. The van der Waals surface area contributed by atoms with Crippen LogP contribution in [0.25, 0.3) is 11.3 Å². The van der Waals surface area contributed by atoms with Gasteiger partial charge in [0.2, 0.25) is 0 Å². The molecule has 0 aromatic heterocycles. The van der Waals surface area contributed by atoms with Crippen molar-refractivity contribution in [1.82, 2.24) is 4.90 Å². The second-order valence-corrected chi connectivity index (χ2v) is 6.70. The van der Waals surface area contributed by atoms with Crippen LogP contribution in [0.5, 0.6) is 0 Å². The third-order valence-corrected chi connectivity index (χ3v) is 4.80. The summed E-state index contributed by atoms with van der Waals surface area (Å²) in [5.41, 5.74) is 8.12. The molecule has 4 rings (SSSR count). The highest BCUT2D eigenvalue weighted by molar-refractivity contribution is 5.94. The molecular weight excluding hydrogens is 337 g/mol. The van der Waals surface area contributed by atoms with Crippen LogP contribution in [0.2, 0.25) is 0 Å². The van der Waals surface area contributed by atoms with Crippen LogP contribution in [0.1, 0.15) is 23.6 Å². The molecule has 134 valence electrons. The molecule has 0 aliphatic carbocycles. The number of hydrogen-bond acceptors (Lipinski definition) is 3. The Bertz CT molecular complexity index is 1030. The Kier molecular flexibility index (Phi) is 4.24. The molecule has 0 spiro atoms. The number of nitrogens with zero attached hydrogens (tertiary/aromatic N) is 2. The molecule has 3 nitrogen and oxygen atoms in total. The first-order chi connectivity index (χ1) is 13.0. The van der Waals surface area contributed by atoms with Crippen LogP contribution in [0.15, 0.2) is 84.4 Å². The molecule has 2 aliphatic rings. The number of nitrogens with one attached hydrogen (secondary N) is 1. The van der Waals surface area contributed by atoms with Gasteiger partial charge in [0.1, 0.15) is 5.82 Å². The van der Waals surface area contributed by atoms with E-state index in [2.05, 4.69) is 41.7 Å². The van der Waals surface area contributed by atoms with Crippen molar-refractivity contribution in [1.29, 1.82) is 0 Å². The lowest BCUT2D eigenvalue weighted by molar-refractivity contribution is 0.627. The Morgan fingerprint density at radius 2 is 1.85 bits per heavy atom. The fourth-order valence-electron chi connectivity index (χ4n) is 3.46. The molecule has 0 saturated carbocycles. The van der Waals surface area contributed by atoms with Crippen molar-refractivity contribution < 1.29 is 4.39 Å². The van der Waals surface area contributed by atoms with Crippen molar-refractivity contribution >= 4 is 23.2 Å². The standard InChI is InChI=1S/C23H20FN3/c1-15-12-20-13-19(6-9-22(20)26-15)23(27-11-10-25-14-16(27)2)17(3)18-4-7-21(24)8-5-18/h4-11,13-14,26H,1-2,12H2,3H3/b23-17+. The Balaban J connectivity index is 1.88. The number of aliphatic imine (C=N–C) groups is 1. The second kappa shape index (κ2) is 6.72. The molecular formula is C23H20FN3. The van der Waals surface area contributed by atoms with Gasteiger partial charge in [-0.25, -0.2) is 4.39 Å². The number of anilines is 1. The van der Waals surface area contributed by atoms with Crippen LogP contribution in [0.3, 0.4) is 0 Å². The van der Waals surface area contributed by atoms with Gasteiger partial charge in [-0.2, -0.15) is 0 Å². The summed E-state index contributed by atoms with van der Waals surface area (Å²) >= 11 is 0. The maximum atomic E-state index is 13.4. The molecule has 0 radical (unpaired) electrons. The number of rotatable bonds is 3. The van der Waals surface area contributed by atoms with Gasteiger partial charge in [0.15, 0.2) is 0 Å². The van der Waals surface area contributed by atoms with Crippen molar-refractivity contribution in [3.8, 4) is 0 Å². The van der Waals surface area contributed by atoms with Crippen molar-refractivity contribution in [2.45, 2.75) is 13.3 Å². The first kappa shape index (κ1) is 17.0. The highest BCUT2D eigenvalue weighted by Crippen LogP contribution is 2.36. The van der Waals surface area contributed by atoms with Gasteiger partial charge in [-0.05, 0) is 53.5 Å². The van der Waals surface area contributed by atoms with E-state index in [-0.39, 0.29) is 5.82 Å². The lowest BCUT2D eigenvalue weighted by atomic mass is 9.97. The van der Waals surface area contributed by atoms with Gasteiger partial charge in [-0.15, -0.1) is 0 Å². The largest absolute Gasteiger partial charge is 0.359 e. The van der Waals surface area contributed by atoms with Gasteiger partial charge in [-0.1, -0.05) is 31.4 Å². The summed E-state index contributed by atoms with van der Waals surface area (Å²) in [4.78, 5) is 6.17. The lowest BCUT2D eigenvalue weighted by Gasteiger charge is -2.28. The summed E-state index contributed by atoms with van der Waals surface area (Å²) in [6.07, 6.45) is 6.18. The third-order valence-electron chi connectivity index (χ3n) is 4.80. The van der Waals surface area contributed by atoms with Crippen molar-refractivity contribution in [3.63, 3.8) is 0 Å². The highest BCUT2D eigenvalue weighted by atomic mass is 19.1. The summed E-state index contributed by atoms with van der Waals surface area (Å²) < 4.78 is 13.4. The Morgan fingerprint density at radius 1 is 1.11 bits per heavy atom. The minimum atomic E-state index is -0.246. The minimum absolute atomic E-state index is 0.246. The van der Waals surface area contributed by atoms with Crippen LogP contribution in [0.4, 0.5) is 10.1 Å². The van der Waals surface area contributed by atoms with Gasteiger partial charge in [-0.3, -0.25) is 4.99 Å². The van der Waals surface area contributed by atoms with Crippen LogP contribution < -0.4 is 5.32 Å². The molecule has 27 heavy (non-hydrogen) atoms. The first-order valence-electron chi connectivity index (χ1n) is 8.76. The molecule has 1 N–H and O–H groups in total. The molecule has 2 aromatic rings. The molecule has 2 aliphatic heterocycles. The molecule has 0 saturated heterocycles. The van der Waals surface area contributed by atoms with E-state index in [4.69, 9.17) is 0 Å². The van der Waals surface area contributed by atoms with Crippen LogP contribution >= 0.6 is 0 Å². The smallest absolute Gasteiger partial charge is 0.123 e. The predicted molar refractivity (Wildman–Crippen MR) is 110 cm³/mol. The van der Waals surface area contributed by atoms with Gasteiger partial charge in [0, 0.05) is 30.2 Å². The maximum Gasteiger partial charge on any atom is 0.123 e. The quantitative estimate of drug-likeness (QED) is 0.728. The minimum Gasteiger partial charge on any atom is -0.359 e. The van der Waals surface area contributed by atoms with Gasteiger partial charge >= 0.3 is 0 Å². The number of hydrogen-bond donors (Lipinski definition) is 1. The topological polar surface area (TPSA) is 27.6 Å². The Labute approximate surface area is 158 Å². The molecule has 2 heterocycles. The van der Waals surface area contributed by atoms with E-state index in [1.807, 2.05) is 18.0 Å². The summed E-state index contributed by atoms with van der Waals surface area (Å²) in [6.45, 7) is 10.2. The Morgan fingerprint density at radius 3 is 2.59 bits per heavy atom. The normalized spacial score (nSPS) is 16.3. The maximum absolute atomic E-state index is 13.4. The monoisotopic (exact) mass is 357 g/mol. The van der Waals surface area contributed by atoms with Gasteiger partial charge < -0.3 is 10.2 Å². The van der Waals surface area contributed by atoms with Crippen molar-refractivity contribution in [3.05, 3.63) is 102 Å². The van der Waals surface area contributed by atoms with Crippen molar-refractivity contribution in [2.24, 2.45) is 4.99 Å². The average molecular weight is 357 g/mol. The van der Waals surface area contributed by atoms with Gasteiger partial charge in [0.05, 0.1) is 17.6 Å². The molecule has 4 heteroatoms. The van der Waals surface area contributed by atoms with E-state index < -0.39 is 0 Å².